The van der Waals surface area contributed by atoms with Crippen molar-refractivity contribution in [3.63, 3.8) is 0 Å². The highest BCUT2D eigenvalue weighted by atomic mass is 19.1. The van der Waals surface area contributed by atoms with Gasteiger partial charge in [0.2, 0.25) is 0 Å². The first kappa shape index (κ1) is 13.3. The molecule has 2 aromatic rings. The molecule has 0 spiro atoms. The summed E-state index contributed by atoms with van der Waals surface area (Å²) in [6.45, 7) is 0. The van der Waals surface area contributed by atoms with Crippen molar-refractivity contribution in [1.29, 1.82) is 0 Å². The molecule has 1 atom stereocenters. The summed E-state index contributed by atoms with van der Waals surface area (Å²) < 4.78 is 13.1. The summed E-state index contributed by atoms with van der Waals surface area (Å²) in [6.07, 6.45) is 3.40. The smallest absolute Gasteiger partial charge is 0.123 e. The fraction of sp³-hybridized carbons (Fsp3) is 0.294. The highest BCUT2D eigenvalue weighted by Gasteiger charge is 2.45. The standard InChI is InChI=1S/C17H19FN2/c18-15-9-7-13(8-10-15)16(20-19)17(11-4-12-17)14-5-2-1-3-6-14/h1-3,5-10,16,20H,4,11-12,19H2. The molecule has 0 aliphatic heterocycles. The maximum Gasteiger partial charge on any atom is 0.123 e. The molecule has 20 heavy (non-hydrogen) atoms. The van der Waals surface area contributed by atoms with Crippen LogP contribution in [0.4, 0.5) is 4.39 Å². The Morgan fingerprint density at radius 1 is 1.00 bits per heavy atom. The van der Waals surface area contributed by atoms with E-state index in [1.165, 1.54) is 24.1 Å². The van der Waals surface area contributed by atoms with Crippen LogP contribution in [0.3, 0.4) is 0 Å². The first-order chi connectivity index (χ1) is 9.76. The SMILES string of the molecule is NNC(c1ccc(F)cc1)C1(c2ccccc2)CCC1. The molecule has 1 fully saturated rings. The van der Waals surface area contributed by atoms with Gasteiger partial charge in [-0.25, -0.2) is 4.39 Å². The number of benzene rings is 2. The molecule has 0 saturated heterocycles. The van der Waals surface area contributed by atoms with Crippen molar-refractivity contribution in [2.75, 3.05) is 0 Å². The fourth-order valence-corrected chi connectivity index (χ4v) is 3.30. The van der Waals surface area contributed by atoms with Crippen molar-refractivity contribution < 1.29 is 4.39 Å². The zero-order chi connectivity index (χ0) is 14.0. The molecule has 2 aromatic carbocycles. The van der Waals surface area contributed by atoms with E-state index in [-0.39, 0.29) is 17.3 Å². The Kier molecular flexibility index (Phi) is 3.55. The van der Waals surface area contributed by atoms with Crippen LogP contribution in [0.5, 0.6) is 0 Å². The maximum absolute atomic E-state index is 13.1. The Hall–Kier alpha value is -1.71. The Balaban J connectivity index is 2.00. The van der Waals surface area contributed by atoms with Crippen molar-refractivity contribution in [2.45, 2.75) is 30.7 Å². The summed E-state index contributed by atoms with van der Waals surface area (Å²) in [4.78, 5) is 0. The molecule has 0 heterocycles. The molecule has 104 valence electrons. The van der Waals surface area contributed by atoms with E-state index in [0.717, 1.165) is 18.4 Å². The van der Waals surface area contributed by atoms with E-state index in [2.05, 4.69) is 29.7 Å². The van der Waals surface area contributed by atoms with E-state index < -0.39 is 0 Å². The molecule has 0 bridgehead atoms. The first-order valence-corrected chi connectivity index (χ1v) is 7.03. The van der Waals surface area contributed by atoms with Crippen LogP contribution in [0.1, 0.15) is 36.4 Å². The highest BCUT2D eigenvalue weighted by Crippen LogP contribution is 2.51. The Bertz CT molecular complexity index is 561. The van der Waals surface area contributed by atoms with Gasteiger partial charge in [0.05, 0.1) is 6.04 Å². The van der Waals surface area contributed by atoms with E-state index in [1.807, 2.05) is 18.2 Å². The number of hydrogen-bond acceptors (Lipinski definition) is 2. The Labute approximate surface area is 118 Å². The monoisotopic (exact) mass is 270 g/mol. The number of hydrogen-bond donors (Lipinski definition) is 2. The van der Waals surface area contributed by atoms with Gasteiger partial charge in [-0.15, -0.1) is 0 Å². The lowest BCUT2D eigenvalue weighted by atomic mass is 9.59. The van der Waals surface area contributed by atoms with Gasteiger partial charge in [-0.1, -0.05) is 48.9 Å². The minimum atomic E-state index is -0.216. The van der Waals surface area contributed by atoms with Crippen LogP contribution in [0.15, 0.2) is 54.6 Å². The predicted molar refractivity (Wildman–Crippen MR) is 78.4 cm³/mol. The van der Waals surface area contributed by atoms with Gasteiger partial charge in [0.15, 0.2) is 0 Å². The van der Waals surface area contributed by atoms with Crippen molar-refractivity contribution in [2.24, 2.45) is 5.84 Å². The second-order valence-electron chi connectivity index (χ2n) is 5.53. The molecule has 0 radical (unpaired) electrons. The van der Waals surface area contributed by atoms with Crippen LogP contribution >= 0.6 is 0 Å². The first-order valence-electron chi connectivity index (χ1n) is 7.03. The fourth-order valence-electron chi connectivity index (χ4n) is 3.30. The number of nitrogens with two attached hydrogens (primary N) is 1. The zero-order valence-corrected chi connectivity index (χ0v) is 11.4. The molecule has 2 nitrogen and oxygen atoms in total. The predicted octanol–water partition coefficient (Wildman–Crippen LogP) is 3.45. The van der Waals surface area contributed by atoms with Crippen molar-refractivity contribution in [3.8, 4) is 0 Å². The minimum Gasteiger partial charge on any atom is -0.271 e. The zero-order valence-electron chi connectivity index (χ0n) is 11.4. The van der Waals surface area contributed by atoms with E-state index in [0.29, 0.717) is 0 Å². The average Bonchev–Trinajstić information content (AvgIpc) is 2.45. The van der Waals surface area contributed by atoms with Crippen molar-refractivity contribution >= 4 is 0 Å². The lowest BCUT2D eigenvalue weighted by Crippen LogP contribution is -2.48. The number of rotatable bonds is 4. The molecular formula is C17H19FN2. The molecule has 0 aromatic heterocycles. The summed E-state index contributed by atoms with van der Waals surface area (Å²) in [5.41, 5.74) is 5.32. The van der Waals surface area contributed by atoms with Crippen molar-refractivity contribution in [3.05, 3.63) is 71.5 Å². The molecule has 1 aliphatic carbocycles. The van der Waals surface area contributed by atoms with Gasteiger partial charge in [-0.3, -0.25) is 11.3 Å². The van der Waals surface area contributed by atoms with Gasteiger partial charge in [0, 0.05) is 5.41 Å². The Morgan fingerprint density at radius 3 is 2.15 bits per heavy atom. The summed E-state index contributed by atoms with van der Waals surface area (Å²) in [6, 6.07) is 17.1. The molecular weight excluding hydrogens is 251 g/mol. The van der Waals surface area contributed by atoms with E-state index >= 15 is 0 Å². The average molecular weight is 270 g/mol. The number of hydrazine groups is 1. The third-order valence-electron chi connectivity index (χ3n) is 4.52. The summed E-state index contributed by atoms with van der Waals surface area (Å²) in [5, 5.41) is 0. The maximum atomic E-state index is 13.1. The Morgan fingerprint density at radius 2 is 1.65 bits per heavy atom. The van der Waals surface area contributed by atoms with Gasteiger partial charge >= 0.3 is 0 Å². The van der Waals surface area contributed by atoms with E-state index in [4.69, 9.17) is 5.84 Å². The van der Waals surface area contributed by atoms with Gasteiger partial charge in [0.25, 0.3) is 0 Å². The molecule has 3 rings (SSSR count). The molecule has 1 aliphatic rings. The molecule has 3 N–H and O–H groups in total. The summed E-state index contributed by atoms with van der Waals surface area (Å²) in [5.74, 6) is 5.62. The third kappa shape index (κ3) is 2.13. The van der Waals surface area contributed by atoms with Crippen LogP contribution in [0.2, 0.25) is 0 Å². The largest absolute Gasteiger partial charge is 0.271 e. The van der Waals surface area contributed by atoms with Crippen molar-refractivity contribution in [1.82, 2.24) is 5.43 Å². The van der Waals surface area contributed by atoms with E-state index in [1.54, 1.807) is 0 Å². The summed E-state index contributed by atoms with van der Waals surface area (Å²) in [7, 11) is 0. The second-order valence-corrected chi connectivity index (χ2v) is 5.53. The van der Waals surface area contributed by atoms with Gasteiger partial charge < -0.3 is 0 Å². The lowest BCUT2D eigenvalue weighted by Gasteiger charge is -2.48. The van der Waals surface area contributed by atoms with Gasteiger partial charge in [0.1, 0.15) is 5.82 Å². The topological polar surface area (TPSA) is 38.0 Å². The molecule has 3 heteroatoms. The van der Waals surface area contributed by atoms with Gasteiger partial charge in [-0.2, -0.15) is 0 Å². The van der Waals surface area contributed by atoms with E-state index in [9.17, 15) is 4.39 Å². The lowest BCUT2D eigenvalue weighted by molar-refractivity contribution is 0.170. The molecule has 1 saturated carbocycles. The number of halogens is 1. The van der Waals surface area contributed by atoms with Crippen LogP contribution in [0, 0.1) is 5.82 Å². The van der Waals surface area contributed by atoms with Crippen LogP contribution in [-0.4, -0.2) is 0 Å². The highest BCUT2D eigenvalue weighted by molar-refractivity contribution is 5.35. The molecule has 0 amide bonds. The normalized spacial score (nSPS) is 18.3. The second kappa shape index (κ2) is 5.35. The van der Waals surface area contributed by atoms with Crippen LogP contribution in [0.25, 0.3) is 0 Å². The quantitative estimate of drug-likeness (QED) is 0.659. The van der Waals surface area contributed by atoms with Crippen LogP contribution < -0.4 is 11.3 Å². The third-order valence-corrected chi connectivity index (χ3v) is 4.52. The van der Waals surface area contributed by atoms with Gasteiger partial charge in [-0.05, 0) is 36.1 Å². The number of nitrogens with one attached hydrogen (secondary N) is 1. The molecule has 1 unspecified atom stereocenters. The summed E-state index contributed by atoms with van der Waals surface area (Å²) >= 11 is 0. The minimum absolute atomic E-state index is 0.0132. The van der Waals surface area contributed by atoms with Crippen LogP contribution in [-0.2, 0) is 5.41 Å².